The molecule has 2 aromatic rings. The van der Waals surface area contributed by atoms with Gasteiger partial charge in [0.25, 0.3) is 0 Å². The van der Waals surface area contributed by atoms with Crippen molar-refractivity contribution in [2.75, 3.05) is 0 Å². The second-order valence-corrected chi connectivity index (χ2v) is 4.61. The van der Waals surface area contributed by atoms with Gasteiger partial charge >= 0.3 is 58.4 Å². The molecular weight excluding hydrogens is 333 g/mol. The van der Waals surface area contributed by atoms with Gasteiger partial charge in [0.1, 0.15) is 12.4 Å². The average molecular weight is 343 g/mol. The SMILES string of the molecule is Fc1ccc([B-](F)(F)F)c(OCc2cccc(Cl)c2)c1.[K+]. The summed E-state index contributed by atoms with van der Waals surface area (Å²) in [4.78, 5) is 0. The summed E-state index contributed by atoms with van der Waals surface area (Å²) < 4.78 is 56.6. The van der Waals surface area contributed by atoms with E-state index in [1.54, 1.807) is 24.3 Å². The first-order valence-electron chi connectivity index (χ1n) is 5.73. The third kappa shape index (κ3) is 5.58. The number of hydrogen-bond donors (Lipinski definition) is 0. The molecular formula is C13H9BClF4KO. The smallest absolute Gasteiger partial charge is 0.492 e. The molecule has 0 saturated heterocycles. The average Bonchev–Trinajstić information content (AvgIpc) is 2.35. The minimum absolute atomic E-state index is 0. The van der Waals surface area contributed by atoms with Gasteiger partial charge in [-0.2, -0.15) is 0 Å². The minimum atomic E-state index is -5.26. The van der Waals surface area contributed by atoms with E-state index in [4.69, 9.17) is 16.3 Å². The number of halogens is 5. The van der Waals surface area contributed by atoms with Crippen LogP contribution in [0.4, 0.5) is 17.3 Å². The molecule has 0 heterocycles. The fourth-order valence-corrected chi connectivity index (χ4v) is 1.90. The topological polar surface area (TPSA) is 9.23 Å². The normalized spacial score (nSPS) is 10.9. The van der Waals surface area contributed by atoms with Gasteiger partial charge in [0, 0.05) is 11.1 Å². The van der Waals surface area contributed by atoms with Crippen molar-refractivity contribution in [1.29, 1.82) is 0 Å². The Hall–Kier alpha value is -0.0487. The van der Waals surface area contributed by atoms with E-state index >= 15 is 0 Å². The molecule has 0 atom stereocenters. The molecule has 2 rings (SSSR count). The number of rotatable bonds is 4. The molecule has 1 nitrogen and oxygen atoms in total. The van der Waals surface area contributed by atoms with Gasteiger partial charge in [-0.1, -0.05) is 35.3 Å². The van der Waals surface area contributed by atoms with Crippen molar-refractivity contribution < 1.29 is 73.5 Å². The summed E-state index contributed by atoms with van der Waals surface area (Å²) in [6, 6.07) is 8.69. The summed E-state index contributed by atoms with van der Waals surface area (Å²) in [5.74, 6) is -1.30. The molecule has 0 spiro atoms. The molecule has 0 N–H and O–H groups in total. The Kier molecular flexibility index (Phi) is 7.23. The van der Waals surface area contributed by atoms with Gasteiger partial charge in [-0.25, -0.2) is 4.39 Å². The fourth-order valence-electron chi connectivity index (χ4n) is 1.69. The number of benzene rings is 2. The molecule has 2 aromatic carbocycles. The zero-order valence-electron chi connectivity index (χ0n) is 11.1. The van der Waals surface area contributed by atoms with Crippen molar-refractivity contribution in [1.82, 2.24) is 0 Å². The quantitative estimate of drug-likeness (QED) is 0.598. The third-order valence-corrected chi connectivity index (χ3v) is 2.85. The van der Waals surface area contributed by atoms with Crippen LogP contribution in [0.3, 0.4) is 0 Å². The monoisotopic (exact) mass is 342 g/mol. The summed E-state index contributed by atoms with van der Waals surface area (Å²) in [6.45, 7) is -5.38. The van der Waals surface area contributed by atoms with Gasteiger partial charge < -0.3 is 17.7 Å². The van der Waals surface area contributed by atoms with Crippen LogP contribution in [0.1, 0.15) is 5.56 Å². The number of ether oxygens (including phenoxy) is 1. The van der Waals surface area contributed by atoms with Gasteiger partial charge in [0.05, 0.1) is 5.75 Å². The first-order valence-corrected chi connectivity index (χ1v) is 6.11. The summed E-state index contributed by atoms with van der Waals surface area (Å²) >= 11 is 5.76. The Morgan fingerprint density at radius 3 is 2.38 bits per heavy atom. The van der Waals surface area contributed by atoms with E-state index in [0.29, 0.717) is 16.7 Å². The zero-order valence-corrected chi connectivity index (χ0v) is 15.0. The van der Waals surface area contributed by atoms with Gasteiger partial charge in [-0.15, -0.1) is 0 Å². The second kappa shape index (κ2) is 7.99. The Morgan fingerprint density at radius 1 is 1.05 bits per heavy atom. The van der Waals surface area contributed by atoms with Gasteiger partial charge in [-0.3, -0.25) is 0 Å². The molecule has 0 aliphatic heterocycles. The fraction of sp³-hybridized carbons (Fsp3) is 0.0769. The minimum Gasteiger partial charge on any atom is -0.492 e. The van der Waals surface area contributed by atoms with E-state index in [2.05, 4.69) is 0 Å². The standard InChI is InChI=1S/C13H9BClF4O.K/c15-10-3-1-2-9(6-10)8-20-13-7-11(16)4-5-12(13)14(17,18)19;/h1-7H,8H2;/q-1;+1. The molecule has 0 bridgehead atoms. The van der Waals surface area contributed by atoms with Gasteiger partial charge in [0.15, 0.2) is 0 Å². The van der Waals surface area contributed by atoms with Crippen molar-refractivity contribution in [3.8, 4) is 5.75 Å². The summed E-state index contributed by atoms with van der Waals surface area (Å²) in [7, 11) is 0. The van der Waals surface area contributed by atoms with Crippen LogP contribution in [0.2, 0.25) is 5.02 Å². The van der Waals surface area contributed by atoms with Crippen LogP contribution in [-0.4, -0.2) is 6.98 Å². The molecule has 0 aliphatic rings. The molecule has 106 valence electrons. The summed E-state index contributed by atoms with van der Waals surface area (Å²) in [5.41, 5.74) is -0.351. The Morgan fingerprint density at radius 2 is 1.76 bits per heavy atom. The van der Waals surface area contributed by atoms with Crippen LogP contribution in [0.5, 0.6) is 5.75 Å². The summed E-state index contributed by atoms with van der Waals surface area (Å²) in [5, 5.41) is 0.450. The van der Waals surface area contributed by atoms with E-state index in [9.17, 15) is 17.3 Å². The van der Waals surface area contributed by atoms with Crippen LogP contribution in [0, 0.1) is 5.82 Å². The second-order valence-electron chi connectivity index (χ2n) is 4.18. The van der Waals surface area contributed by atoms with E-state index in [-0.39, 0.29) is 58.0 Å². The van der Waals surface area contributed by atoms with E-state index in [1.807, 2.05) is 0 Å². The van der Waals surface area contributed by atoms with Crippen molar-refractivity contribution in [2.24, 2.45) is 0 Å². The van der Waals surface area contributed by atoms with Gasteiger partial charge in [-0.05, 0) is 23.8 Å². The van der Waals surface area contributed by atoms with E-state index < -0.39 is 24.0 Å². The van der Waals surface area contributed by atoms with Crippen LogP contribution >= 0.6 is 11.6 Å². The first-order chi connectivity index (χ1) is 9.36. The largest absolute Gasteiger partial charge is 1.00 e. The Balaban J connectivity index is 0.00000220. The Bertz CT molecular complexity index is 621. The molecule has 0 aliphatic carbocycles. The third-order valence-electron chi connectivity index (χ3n) is 2.61. The maximum atomic E-state index is 13.1. The van der Waals surface area contributed by atoms with E-state index in [1.165, 1.54) is 0 Å². The first kappa shape index (κ1) is 19.0. The molecule has 8 heteroatoms. The predicted octanol–water partition coefficient (Wildman–Crippen LogP) is 1.12. The van der Waals surface area contributed by atoms with Crippen molar-refractivity contribution in [3.63, 3.8) is 0 Å². The van der Waals surface area contributed by atoms with Crippen LogP contribution in [0.15, 0.2) is 42.5 Å². The van der Waals surface area contributed by atoms with Gasteiger partial charge in [0.2, 0.25) is 0 Å². The maximum absolute atomic E-state index is 13.1. The molecule has 0 aromatic heterocycles. The molecule has 0 amide bonds. The van der Waals surface area contributed by atoms with Crippen molar-refractivity contribution >= 4 is 24.0 Å². The van der Waals surface area contributed by atoms with E-state index in [0.717, 1.165) is 12.1 Å². The molecule has 0 fully saturated rings. The predicted molar refractivity (Wildman–Crippen MR) is 70.9 cm³/mol. The van der Waals surface area contributed by atoms with Crippen LogP contribution in [-0.2, 0) is 6.61 Å². The molecule has 0 unspecified atom stereocenters. The maximum Gasteiger partial charge on any atom is 1.00 e. The van der Waals surface area contributed by atoms with Crippen LogP contribution in [0.25, 0.3) is 0 Å². The molecule has 21 heavy (non-hydrogen) atoms. The van der Waals surface area contributed by atoms with Crippen molar-refractivity contribution in [2.45, 2.75) is 6.61 Å². The van der Waals surface area contributed by atoms with Crippen LogP contribution < -0.4 is 61.6 Å². The molecule has 0 saturated carbocycles. The van der Waals surface area contributed by atoms with Crippen molar-refractivity contribution in [3.05, 3.63) is 58.9 Å². The zero-order chi connectivity index (χ0) is 14.8. The summed E-state index contributed by atoms with van der Waals surface area (Å²) in [6.07, 6.45) is 0. The molecule has 0 radical (unpaired) electrons. The number of hydrogen-bond acceptors (Lipinski definition) is 1. The Labute approximate surface area is 167 Å².